The minimum Gasteiger partial charge on any atom is -0.354 e. The number of hydrogen-bond donors (Lipinski definition) is 2. The molecule has 0 aliphatic rings. The van der Waals surface area contributed by atoms with Crippen molar-refractivity contribution in [2.45, 2.75) is 0 Å². The SMILES string of the molecule is CNC(=O)c1cc2cc(F)cnc2[nH]1. The number of nitrogens with zero attached hydrogens (tertiary/aromatic N) is 1. The molecule has 0 bridgehead atoms. The maximum Gasteiger partial charge on any atom is 0.267 e. The van der Waals surface area contributed by atoms with E-state index in [-0.39, 0.29) is 5.91 Å². The highest BCUT2D eigenvalue weighted by molar-refractivity contribution is 5.96. The summed E-state index contributed by atoms with van der Waals surface area (Å²) in [4.78, 5) is 17.8. The molecule has 0 saturated heterocycles. The Morgan fingerprint density at radius 1 is 1.57 bits per heavy atom. The zero-order chi connectivity index (χ0) is 10.1. The third-order valence-electron chi connectivity index (χ3n) is 1.91. The largest absolute Gasteiger partial charge is 0.354 e. The maximum absolute atomic E-state index is 12.8. The van der Waals surface area contributed by atoms with Gasteiger partial charge in [0.25, 0.3) is 5.91 Å². The molecule has 4 nitrogen and oxygen atoms in total. The summed E-state index contributed by atoms with van der Waals surface area (Å²) in [6, 6.07) is 2.88. The molecule has 0 atom stereocenters. The molecule has 0 fully saturated rings. The van der Waals surface area contributed by atoms with Crippen molar-refractivity contribution in [3.8, 4) is 0 Å². The molecule has 0 unspecified atom stereocenters. The number of hydrogen-bond acceptors (Lipinski definition) is 2. The van der Waals surface area contributed by atoms with Crippen LogP contribution in [0.4, 0.5) is 4.39 Å². The van der Waals surface area contributed by atoms with Crippen LogP contribution in [-0.4, -0.2) is 22.9 Å². The van der Waals surface area contributed by atoms with Crippen LogP contribution in [0.3, 0.4) is 0 Å². The molecule has 0 aliphatic carbocycles. The van der Waals surface area contributed by atoms with Crippen molar-refractivity contribution in [2.24, 2.45) is 0 Å². The predicted molar refractivity (Wildman–Crippen MR) is 49.4 cm³/mol. The number of H-pyrrole nitrogens is 1. The lowest BCUT2D eigenvalue weighted by atomic mass is 10.3. The highest BCUT2D eigenvalue weighted by Gasteiger charge is 2.08. The van der Waals surface area contributed by atoms with Crippen molar-refractivity contribution in [3.63, 3.8) is 0 Å². The fourth-order valence-electron chi connectivity index (χ4n) is 1.25. The Balaban J connectivity index is 2.56. The fourth-order valence-corrected chi connectivity index (χ4v) is 1.25. The second-order valence-corrected chi connectivity index (χ2v) is 2.85. The van der Waals surface area contributed by atoms with E-state index in [1.165, 1.54) is 13.1 Å². The number of pyridine rings is 1. The molecule has 0 spiro atoms. The molecule has 0 aromatic carbocycles. The van der Waals surface area contributed by atoms with Crippen LogP contribution in [0, 0.1) is 5.82 Å². The maximum atomic E-state index is 12.8. The smallest absolute Gasteiger partial charge is 0.267 e. The number of halogens is 1. The second kappa shape index (κ2) is 3.10. The van der Waals surface area contributed by atoms with Crippen LogP contribution >= 0.6 is 0 Å². The third-order valence-corrected chi connectivity index (χ3v) is 1.91. The predicted octanol–water partition coefficient (Wildman–Crippen LogP) is 1.06. The van der Waals surface area contributed by atoms with E-state index in [4.69, 9.17) is 0 Å². The van der Waals surface area contributed by atoms with Crippen LogP contribution in [0.25, 0.3) is 11.0 Å². The zero-order valence-corrected chi connectivity index (χ0v) is 7.47. The second-order valence-electron chi connectivity index (χ2n) is 2.85. The van der Waals surface area contributed by atoms with Gasteiger partial charge in [-0.3, -0.25) is 4.79 Å². The first kappa shape index (κ1) is 8.68. The van der Waals surface area contributed by atoms with E-state index in [1.54, 1.807) is 6.07 Å². The molecule has 1 amide bonds. The van der Waals surface area contributed by atoms with Crippen molar-refractivity contribution in [2.75, 3.05) is 7.05 Å². The van der Waals surface area contributed by atoms with Gasteiger partial charge in [0.1, 0.15) is 17.2 Å². The van der Waals surface area contributed by atoms with E-state index in [1.807, 2.05) is 0 Å². The molecule has 2 aromatic heterocycles. The summed E-state index contributed by atoms with van der Waals surface area (Å²) in [7, 11) is 1.53. The van der Waals surface area contributed by atoms with Crippen LogP contribution in [0.15, 0.2) is 18.3 Å². The molecule has 0 radical (unpaired) electrons. The van der Waals surface area contributed by atoms with Crippen molar-refractivity contribution in [3.05, 3.63) is 29.8 Å². The minimum absolute atomic E-state index is 0.247. The number of aromatic nitrogens is 2. The average Bonchev–Trinajstić information content (AvgIpc) is 2.59. The molecule has 0 saturated carbocycles. The highest BCUT2D eigenvalue weighted by Crippen LogP contribution is 2.13. The van der Waals surface area contributed by atoms with Crippen LogP contribution in [0.1, 0.15) is 10.5 Å². The van der Waals surface area contributed by atoms with Gasteiger partial charge >= 0.3 is 0 Å². The molecule has 14 heavy (non-hydrogen) atoms. The first-order valence-electron chi connectivity index (χ1n) is 4.07. The molecule has 2 rings (SSSR count). The lowest BCUT2D eigenvalue weighted by Gasteiger charge is -1.92. The normalized spacial score (nSPS) is 10.4. The number of carbonyl (C=O) groups excluding carboxylic acids is 1. The van der Waals surface area contributed by atoms with E-state index in [0.29, 0.717) is 16.7 Å². The first-order chi connectivity index (χ1) is 6.70. The Bertz CT molecular complexity index is 492. The lowest BCUT2D eigenvalue weighted by Crippen LogP contribution is -2.17. The van der Waals surface area contributed by atoms with Crippen LogP contribution in [-0.2, 0) is 0 Å². The van der Waals surface area contributed by atoms with Crippen LogP contribution in [0.2, 0.25) is 0 Å². The average molecular weight is 193 g/mol. The summed E-state index contributed by atoms with van der Waals surface area (Å²) in [6.45, 7) is 0. The Morgan fingerprint density at radius 2 is 2.36 bits per heavy atom. The molecule has 5 heteroatoms. The molecule has 2 N–H and O–H groups in total. The summed E-state index contributed by atoms with van der Waals surface area (Å²) < 4.78 is 12.8. The molecule has 2 heterocycles. The van der Waals surface area contributed by atoms with Gasteiger partial charge in [0, 0.05) is 12.4 Å². The van der Waals surface area contributed by atoms with E-state index in [9.17, 15) is 9.18 Å². The monoisotopic (exact) mass is 193 g/mol. The van der Waals surface area contributed by atoms with Gasteiger partial charge < -0.3 is 10.3 Å². The van der Waals surface area contributed by atoms with E-state index in [0.717, 1.165) is 6.20 Å². The Hall–Kier alpha value is -1.91. The summed E-state index contributed by atoms with van der Waals surface area (Å²) in [6.07, 6.45) is 1.10. The van der Waals surface area contributed by atoms with Gasteiger partial charge in [-0.05, 0) is 12.1 Å². The number of aromatic amines is 1. The summed E-state index contributed by atoms with van der Waals surface area (Å²) in [5.74, 6) is -0.664. The van der Waals surface area contributed by atoms with Crippen LogP contribution in [0.5, 0.6) is 0 Å². The topological polar surface area (TPSA) is 57.8 Å². The standard InChI is InChI=1S/C9H8FN3O/c1-11-9(14)7-3-5-2-6(10)4-12-8(5)13-7/h2-4H,1H3,(H,11,14)(H,12,13). The van der Waals surface area contributed by atoms with E-state index < -0.39 is 5.82 Å². The number of rotatable bonds is 1. The first-order valence-corrected chi connectivity index (χ1v) is 4.07. The van der Waals surface area contributed by atoms with Crippen molar-refractivity contribution in [1.29, 1.82) is 0 Å². The number of fused-ring (bicyclic) bond motifs is 1. The molecule has 2 aromatic rings. The molecule has 0 aliphatic heterocycles. The number of amides is 1. The van der Waals surface area contributed by atoms with Gasteiger partial charge in [0.2, 0.25) is 0 Å². The zero-order valence-electron chi connectivity index (χ0n) is 7.47. The van der Waals surface area contributed by atoms with Crippen molar-refractivity contribution in [1.82, 2.24) is 15.3 Å². The van der Waals surface area contributed by atoms with Gasteiger partial charge in [-0.25, -0.2) is 9.37 Å². The summed E-state index contributed by atoms with van der Waals surface area (Å²) in [5, 5.41) is 3.05. The Morgan fingerprint density at radius 3 is 3.07 bits per heavy atom. The van der Waals surface area contributed by atoms with Gasteiger partial charge in [-0.1, -0.05) is 0 Å². The van der Waals surface area contributed by atoms with Crippen LogP contribution < -0.4 is 5.32 Å². The molecule has 72 valence electrons. The van der Waals surface area contributed by atoms with Gasteiger partial charge in [-0.2, -0.15) is 0 Å². The van der Waals surface area contributed by atoms with E-state index in [2.05, 4.69) is 15.3 Å². The third kappa shape index (κ3) is 1.32. The van der Waals surface area contributed by atoms with Crippen molar-refractivity contribution >= 4 is 16.9 Å². The summed E-state index contributed by atoms with van der Waals surface area (Å²) >= 11 is 0. The van der Waals surface area contributed by atoms with Crippen molar-refractivity contribution < 1.29 is 9.18 Å². The lowest BCUT2D eigenvalue weighted by molar-refractivity contribution is 0.0959. The van der Waals surface area contributed by atoms with E-state index >= 15 is 0 Å². The fraction of sp³-hybridized carbons (Fsp3) is 0.111. The Kier molecular flexibility index (Phi) is 1.92. The quantitative estimate of drug-likeness (QED) is 0.711. The number of carbonyl (C=O) groups is 1. The Labute approximate surface area is 79.1 Å². The van der Waals surface area contributed by atoms with Gasteiger partial charge in [0.05, 0.1) is 6.20 Å². The number of nitrogens with one attached hydrogen (secondary N) is 2. The summed E-state index contributed by atoms with van der Waals surface area (Å²) in [5.41, 5.74) is 0.880. The van der Waals surface area contributed by atoms with Gasteiger partial charge in [-0.15, -0.1) is 0 Å². The highest BCUT2D eigenvalue weighted by atomic mass is 19.1. The minimum atomic E-state index is -0.417. The van der Waals surface area contributed by atoms with Gasteiger partial charge in [0.15, 0.2) is 0 Å². The molecular weight excluding hydrogens is 185 g/mol. The molecular formula is C9H8FN3O.